The van der Waals surface area contributed by atoms with Crippen LogP contribution in [0.2, 0.25) is 0 Å². The van der Waals surface area contributed by atoms with Crippen molar-refractivity contribution in [2.75, 3.05) is 26.7 Å². The Bertz CT molecular complexity index is 535. The molecule has 0 radical (unpaired) electrons. The van der Waals surface area contributed by atoms with E-state index in [2.05, 4.69) is 42.5 Å². The van der Waals surface area contributed by atoms with Crippen LogP contribution in [0.3, 0.4) is 0 Å². The molecule has 2 rings (SSSR count). The highest BCUT2D eigenvalue weighted by molar-refractivity contribution is 5.42. The average molecular weight is 289 g/mol. The van der Waals surface area contributed by atoms with E-state index < -0.39 is 0 Å². The average Bonchev–Trinajstić information content (AvgIpc) is 2.45. The van der Waals surface area contributed by atoms with Gasteiger partial charge in [0.2, 0.25) is 0 Å². The van der Waals surface area contributed by atoms with Crippen LogP contribution in [-0.4, -0.2) is 48.6 Å². The lowest BCUT2D eigenvalue weighted by molar-refractivity contribution is 0.0556. The number of rotatable bonds is 2. The second-order valence-corrected chi connectivity index (χ2v) is 5.86. The van der Waals surface area contributed by atoms with Gasteiger partial charge in [-0.3, -0.25) is 9.80 Å². The smallest absolute Gasteiger partial charge is 0.124 e. The van der Waals surface area contributed by atoms with Gasteiger partial charge in [-0.15, -0.1) is 0 Å². The van der Waals surface area contributed by atoms with Gasteiger partial charge in [0.15, 0.2) is 0 Å². The molecule has 0 amide bonds. The van der Waals surface area contributed by atoms with Crippen LogP contribution in [0.15, 0.2) is 18.2 Å². The van der Waals surface area contributed by atoms with Crippen LogP contribution in [0.4, 0.5) is 4.39 Å². The Morgan fingerprint density at radius 2 is 1.95 bits per heavy atom. The number of benzene rings is 1. The molecule has 1 aliphatic rings. The molecule has 0 aliphatic carbocycles. The summed E-state index contributed by atoms with van der Waals surface area (Å²) in [5.74, 6) is 5.55. The molecule has 1 saturated heterocycles. The van der Waals surface area contributed by atoms with Crippen molar-refractivity contribution in [2.45, 2.75) is 32.5 Å². The molecule has 114 valence electrons. The summed E-state index contributed by atoms with van der Waals surface area (Å²) in [6.07, 6.45) is 0. The highest BCUT2D eigenvalue weighted by Gasteiger charge is 2.26. The van der Waals surface area contributed by atoms with Gasteiger partial charge in [-0.05, 0) is 38.6 Å². The molecular weight excluding hydrogens is 265 g/mol. The van der Waals surface area contributed by atoms with E-state index in [0.717, 1.165) is 30.8 Å². The third-order valence-corrected chi connectivity index (χ3v) is 4.23. The minimum absolute atomic E-state index is 0.250. The third kappa shape index (κ3) is 4.04. The first-order valence-corrected chi connectivity index (χ1v) is 7.43. The van der Waals surface area contributed by atoms with E-state index in [1.807, 2.05) is 6.07 Å². The van der Waals surface area contributed by atoms with Crippen molar-refractivity contribution < 1.29 is 4.39 Å². The van der Waals surface area contributed by atoms with E-state index in [1.54, 1.807) is 0 Å². The lowest BCUT2D eigenvalue weighted by Crippen LogP contribution is -2.54. The molecule has 1 heterocycles. The lowest BCUT2D eigenvalue weighted by Gasteiger charge is -2.42. The maximum Gasteiger partial charge on any atom is 0.124 e. The van der Waals surface area contributed by atoms with Crippen molar-refractivity contribution in [1.29, 1.82) is 0 Å². The van der Waals surface area contributed by atoms with Crippen LogP contribution < -0.4 is 5.73 Å². The molecule has 0 aromatic heterocycles. The van der Waals surface area contributed by atoms with Gasteiger partial charge in [0.05, 0.1) is 6.54 Å². The second kappa shape index (κ2) is 7.04. The molecule has 2 atom stereocenters. The quantitative estimate of drug-likeness (QED) is 0.841. The molecule has 2 unspecified atom stereocenters. The van der Waals surface area contributed by atoms with Gasteiger partial charge in [0, 0.05) is 37.3 Å². The number of halogens is 1. The van der Waals surface area contributed by atoms with Crippen molar-refractivity contribution in [3.05, 3.63) is 35.1 Å². The van der Waals surface area contributed by atoms with Gasteiger partial charge in [0.1, 0.15) is 5.82 Å². The van der Waals surface area contributed by atoms with Crippen LogP contribution in [0.25, 0.3) is 0 Å². The minimum atomic E-state index is -0.250. The number of hydrogen-bond donors (Lipinski definition) is 1. The molecular formula is C17H24FN3. The van der Waals surface area contributed by atoms with Crippen molar-refractivity contribution in [3.8, 4) is 11.8 Å². The fourth-order valence-electron chi connectivity index (χ4n) is 2.83. The topological polar surface area (TPSA) is 32.5 Å². The number of hydrogen-bond acceptors (Lipinski definition) is 3. The zero-order valence-electron chi connectivity index (χ0n) is 13.1. The summed E-state index contributed by atoms with van der Waals surface area (Å²) in [6, 6.07) is 5.89. The van der Waals surface area contributed by atoms with Crippen molar-refractivity contribution >= 4 is 0 Å². The lowest BCUT2D eigenvalue weighted by atomic mass is 10.0. The molecule has 3 nitrogen and oxygen atoms in total. The highest BCUT2D eigenvalue weighted by Crippen LogP contribution is 2.18. The Kier molecular flexibility index (Phi) is 5.35. The summed E-state index contributed by atoms with van der Waals surface area (Å²) in [6.45, 7) is 7.60. The molecule has 0 bridgehead atoms. The number of nitrogens with two attached hydrogens (primary N) is 1. The molecule has 1 fully saturated rings. The van der Waals surface area contributed by atoms with Gasteiger partial charge in [-0.2, -0.15) is 0 Å². The van der Waals surface area contributed by atoms with E-state index in [4.69, 9.17) is 5.73 Å². The molecule has 4 heteroatoms. The number of likely N-dealkylation sites (N-methyl/N-ethyl adjacent to an activating group) is 1. The first-order chi connectivity index (χ1) is 10.0. The van der Waals surface area contributed by atoms with Crippen LogP contribution in [0, 0.1) is 17.7 Å². The summed E-state index contributed by atoms with van der Waals surface area (Å²) < 4.78 is 13.4. The maximum atomic E-state index is 13.4. The predicted molar refractivity (Wildman–Crippen MR) is 84.3 cm³/mol. The minimum Gasteiger partial charge on any atom is -0.320 e. The van der Waals surface area contributed by atoms with Gasteiger partial charge in [-0.1, -0.05) is 17.9 Å². The largest absolute Gasteiger partial charge is 0.320 e. The second-order valence-electron chi connectivity index (χ2n) is 5.86. The van der Waals surface area contributed by atoms with Gasteiger partial charge >= 0.3 is 0 Å². The van der Waals surface area contributed by atoms with Gasteiger partial charge < -0.3 is 5.73 Å². The summed E-state index contributed by atoms with van der Waals surface area (Å²) in [4.78, 5) is 4.81. The first-order valence-electron chi connectivity index (χ1n) is 7.43. The van der Waals surface area contributed by atoms with Crippen LogP contribution >= 0.6 is 0 Å². The van der Waals surface area contributed by atoms with E-state index in [-0.39, 0.29) is 5.82 Å². The van der Waals surface area contributed by atoms with Crippen molar-refractivity contribution in [1.82, 2.24) is 9.80 Å². The SMILES string of the molecule is CC1CN(Cc2ccc(F)cc2C#CCN)CC(C)N1C. The third-order valence-electron chi connectivity index (χ3n) is 4.23. The molecule has 1 aromatic rings. The number of nitrogens with zero attached hydrogens (tertiary/aromatic N) is 2. The van der Waals surface area contributed by atoms with Crippen molar-refractivity contribution in [2.24, 2.45) is 5.73 Å². The fourth-order valence-corrected chi connectivity index (χ4v) is 2.83. The predicted octanol–water partition coefficient (Wildman–Crippen LogP) is 1.66. The van der Waals surface area contributed by atoms with Crippen LogP contribution in [-0.2, 0) is 6.54 Å². The monoisotopic (exact) mass is 289 g/mol. The normalized spacial score (nSPS) is 23.7. The Balaban J connectivity index is 2.16. The zero-order valence-corrected chi connectivity index (χ0v) is 13.1. The summed E-state index contributed by atoms with van der Waals surface area (Å²) in [7, 11) is 2.17. The fraction of sp³-hybridized carbons (Fsp3) is 0.529. The molecule has 0 spiro atoms. The summed E-state index contributed by atoms with van der Waals surface area (Å²) in [5, 5.41) is 0. The maximum absolute atomic E-state index is 13.4. The molecule has 1 aromatic carbocycles. The Hall–Kier alpha value is -1.41. The Morgan fingerprint density at radius 3 is 2.57 bits per heavy atom. The Morgan fingerprint density at radius 1 is 1.29 bits per heavy atom. The molecule has 1 aliphatic heterocycles. The molecule has 0 saturated carbocycles. The summed E-state index contributed by atoms with van der Waals surface area (Å²) >= 11 is 0. The van der Waals surface area contributed by atoms with E-state index in [0.29, 0.717) is 18.6 Å². The van der Waals surface area contributed by atoms with Gasteiger partial charge in [0.25, 0.3) is 0 Å². The highest BCUT2D eigenvalue weighted by atomic mass is 19.1. The van der Waals surface area contributed by atoms with E-state index in [9.17, 15) is 4.39 Å². The number of piperazine rings is 1. The summed E-state index contributed by atoms with van der Waals surface area (Å²) in [5.41, 5.74) is 7.24. The standard InChI is InChI=1S/C17H24FN3/c1-13-10-21(11-14(2)20(13)3)12-16-6-7-17(18)9-15(16)5-4-8-19/h6-7,9,13-14H,8,10-12,19H2,1-3H3. The van der Waals surface area contributed by atoms with E-state index in [1.165, 1.54) is 12.1 Å². The van der Waals surface area contributed by atoms with Gasteiger partial charge in [-0.25, -0.2) is 4.39 Å². The Labute approximate surface area is 126 Å². The van der Waals surface area contributed by atoms with Crippen LogP contribution in [0.5, 0.6) is 0 Å². The molecule has 2 N–H and O–H groups in total. The van der Waals surface area contributed by atoms with Crippen LogP contribution in [0.1, 0.15) is 25.0 Å². The van der Waals surface area contributed by atoms with Crippen molar-refractivity contribution in [3.63, 3.8) is 0 Å². The zero-order chi connectivity index (χ0) is 15.4. The first kappa shape index (κ1) is 16.0. The molecule has 21 heavy (non-hydrogen) atoms. The van der Waals surface area contributed by atoms with E-state index >= 15 is 0 Å².